The van der Waals surface area contributed by atoms with E-state index in [-0.39, 0.29) is 0 Å². The molecule has 1 saturated carbocycles. The first-order chi connectivity index (χ1) is 8.84. The molecule has 0 saturated heterocycles. The molecule has 1 aromatic carbocycles. The average Bonchev–Trinajstić information content (AvgIpc) is 3.16. The first-order valence-electron chi connectivity index (χ1n) is 6.63. The summed E-state index contributed by atoms with van der Waals surface area (Å²) in [6.07, 6.45) is 6.54. The van der Waals surface area contributed by atoms with Gasteiger partial charge in [0.2, 0.25) is 0 Å². The Morgan fingerprint density at radius 3 is 2.83 bits per heavy atom. The van der Waals surface area contributed by atoms with Crippen molar-refractivity contribution in [1.82, 2.24) is 14.9 Å². The van der Waals surface area contributed by atoms with E-state index in [1.807, 2.05) is 12.5 Å². The molecule has 18 heavy (non-hydrogen) atoms. The molecule has 1 atom stereocenters. The highest BCUT2D eigenvalue weighted by Gasteiger charge is 2.25. The Balaban J connectivity index is 1.62. The quantitative estimate of drug-likeness (QED) is 0.872. The summed E-state index contributed by atoms with van der Waals surface area (Å²) < 4.78 is 2.31. The number of rotatable bonds is 5. The molecule has 2 aromatic rings. The van der Waals surface area contributed by atoms with E-state index >= 15 is 0 Å². The number of nitrogens with one attached hydrogen (secondary N) is 1. The van der Waals surface area contributed by atoms with Gasteiger partial charge in [0.15, 0.2) is 0 Å². The van der Waals surface area contributed by atoms with Crippen LogP contribution in [0.5, 0.6) is 0 Å². The predicted molar refractivity (Wildman–Crippen MR) is 72.2 cm³/mol. The minimum atomic E-state index is 0.369. The van der Waals surface area contributed by atoms with Gasteiger partial charge in [-0.25, -0.2) is 4.98 Å². The third-order valence-corrected chi connectivity index (χ3v) is 3.58. The smallest absolute Gasteiger partial charge is 0.0951 e. The lowest BCUT2D eigenvalue weighted by Crippen LogP contribution is -2.19. The van der Waals surface area contributed by atoms with Gasteiger partial charge in [-0.1, -0.05) is 30.3 Å². The zero-order valence-corrected chi connectivity index (χ0v) is 10.7. The zero-order valence-electron chi connectivity index (χ0n) is 10.7. The highest BCUT2D eigenvalue weighted by molar-refractivity contribution is 5.18. The second kappa shape index (κ2) is 4.94. The topological polar surface area (TPSA) is 29.9 Å². The first-order valence-corrected chi connectivity index (χ1v) is 6.63. The van der Waals surface area contributed by atoms with Crippen LogP contribution in [0.15, 0.2) is 42.9 Å². The van der Waals surface area contributed by atoms with Crippen LogP contribution in [-0.4, -0.2) is 9.55 Å². The lowest BCUT2D eigenvalue weighted by atomic mass is 10.1. The predicted octanol–water partition coefficient (Wildman–Crippen LogP) is 3.07. The van der Waals surface area contributed by atoms with E-state index in [2.05, 4.69) is 52.1 Å². The summed E-state index contributed by atoms with van der Waals surface area (Å²) in [6.45, 7) is 3.08. The van der Waals surface area contributed by atoms with E-state index in [1.165, 1.54) is 24.1 Å². The highest BCUT2D eigenvalue weighted by atomic mass is 15.1. The molecule has 1 N–H and O–H groups in total. The second-order valence-electron chi connectivity index (χ2n) is 5.04. The molecule has 0 amide bonds. The van der Waals surface area contributed by atoms with Crippen LogP contribution in [0, 0.1) is 0 Å². The van der Waals surface area contributed by atoms with Gasteiger partial charge in [-0.2, -0.15) is 0 Å². The van der Waals surface area contributed by atoms with E-state index in [0.717, 1.165) is 6.54 Å². The first kappa shape index (κ1) is 11.5. The molecule has 94 valence electrons. The van der Waals surface area contributed by atoms with Crippen molar-refractivity contribution in [2.75, 3.05) is 0 Å². The molecule has 0 spiro atoms. The average molecular weight is 241 g/mol. The molecule has 1 heterocycles. The number of aromatic nitrogens is 2. The van der Waals surface area contributed by atoms with Crippen molar-refractivity contribution in [3.05, 3.63) is 54.1 Å². The Hall–Kier alpha value is -1.61. The van der Waals surface area contributed by atoms with Crippen LogP contribution in [0.1, 0.15) is 43.1 Å². The molecule has 0 bridgehead atoms. The summed E-state index contributed by atoms with van der Waals surface area (Å²) in [5, 5.41) is 3.56. The molecule has 1 fully saturated rings. The maximum Gasteiger partial charge on any atom is 0.0951 e. The lowest BCUT2D eigenvalue weighted by Gasteiger charge is -2.15. The van der Waals surface area contributed by atoms with E-state index in [1.54, 1.807) is 0 Å². The van der Waals surface area contributed by atoms with Gasteiger partial charge in [0.1, 0.15) is 0 Å². The van der Waals surface area contributed by atoms with Crippen molar-refractivity contribution >= 4 is 0 Å². The molecule has 1 aliphatic rings. The fraction of sp³-hybridized carbons (Fsp3) is 0.400. The summed E-state index contributed by atoms with van der Waals surface area (Å²) in [5.74, 6) is 0. The third kappa shape index (κ3) is 2.46. The summed E-state index contributed by atoms with van der Waals surface area (Å²) in [6, 6.07) is 11.6. The van der Waals surface area contributed by atoms with Crippen LogP contribution in [-0.2, 0) is 6.54 Å². The monoisotopic (exact) mass is 241 g/mol. The molecule has 3 nitrogen and oxygen atoms in total. The van der Waals surface area contributed by atoms with Gasteiger partial charge in [-0.15, -0.1) is 0 Å². The van der Waals surface area contributed by atoms with Crippen LogP contribution < -0.4 is 5.32 Å². The van der Waals surface area contributed by atoms with Crippen molar-refractivity contribution in [3.63, 3.8) is 0 Å². The van der Waals surface area contributed by atoms with Crippen molar-refractivity contribution in [2.24, 2.45) is 0 Å². The van der Waals surface area contributed by atoms with Gasteiger partial charge in [0, 0.05) is 24.8 Å². The maximum absolute atomic E-state index is 4.26. The fourth-order valence-electron chi connectivity index (χ4n) is 2.27. The fourth-order valence-corrected chi connectivity index (χ4v) is 2.27. The molecule has 3 heteroatoms. The van der Waals surface area contributed by atoms with Crippen molar-refractivity contribution < 1.29 is 0 Å². The normalized spacial score (nSPS) is 16.7. The van der Waals surface area contributed by atoms with E-state index < -0.39 is 0 Å². The van der Waals surface area contributed by atoms with E-state index in [9.17, 15) is 0 Å². The Morgan fingerprint density at radius 2 is 2.11 bits per heavy atom. The molecule has 0 radical (unpaired) electrons. The van der Waals surface area contributed by atoms with Gasteiger partial charge in [-0.3, -0.25) is 0 Å². The SMILES string of the molecule is C[C@@H](NCc1cncn1C1CC1)c1ccccc1. The van der Waals surface area contributed by atoms with Gasteiger partial charge in [0.05, 0.1) is 12.0 Å². The van der Waals surface area contributed by atoms with E-state index in [0.29, 0.717) is 12.1 Å². The maximum atomic E-state index is 4.26. The van der Waals surface area contributed by atoms with Gasteiger partial charge >= 0.3 is 0 Å². The number of hydrogen-bond acceptors (Lipinski definition) is 2. The molecule has 0 aliphatic heterocycles. The van der Waals surface area contributed by atoms with Crippen LogP contribution >= 0.6 is 0 Å². The van der Waals surface area contributed by atoms with Gasteiger partial charge in [0.25, 0.3) is 0 Å². The Labute approximate surface area is 108 Å². The number of nitrogens with zero attached hydrogens (tertiary/aromatic N) is 2. The molecular weight excluding hydrogens is 222 g/mol. The number of benzene rings is 1. The molecular formula is C15H19N3. The largest absolute Gasteiger partial charge is 0.330 e. The molecule has 3 rings (SSSR count). The van der Waals surface area contributed by atoms with Crippen LogP contribution in [0.3, 0.4) is 0 Å². The zero-order chi connectivity index (χ0) is 12.4. The summed E-state index contributed by atoms with van der Waals surface area (Å²) in [4.78, 5) is 4.26. The summed E-state index contributed by atoms with van der Waals surface area (Å²) in [5.41, 5.74) is 2.62. The van der Waals surface area contributed by atoms with Crippen LogP contribution in [0.4, 0.5) is 0 Å². The molecule has 1 aliphatic carbocycles. The highest BCUT2D eigenvalue weighted by Crippen LogP contribution is 2.35. The minimum absolute atomic E-state index is 0.369. The van der Waals surface area contributed by atoms with Crippen molar-refractivity contribution in [3.8, 4) is 0 Å². The van der Waals surface area contributed by atoms with Gasteiger partial charge in [-0.05, 0) is 25.3 Å². The number of imidazole rings is 1. The van der Waals surface area contributed by atoms with E-state index in [4.69, 9.17) is 0 Å². The van der Waals surface area contributed by atoms with Crippen LogP contribution in [0.25, 0.3) is 0 Å². The second-order valence-corrected chi connectivity index (χ2v) is 5.04. The Kier molecular flexibility index (Phi) is 3.15. The van der Waals surface area contributed by atoms with Gasteiger partial charge < -0.3 is 9.88 Å². The summed E-state index contributed by atoms with van der Waals surface area (Å²) >= 11 is 0. The Bertz CT molecular complexity index is 499. The van der Waals surface area contributed by atoms with Crippen molar-refractivity contribution in [2.45, 2.75) is 38.4 Å². The summed E-state index contributed by atoms with van der Waals surface area (Å²) in [7, 11) is 0. The minimum Gasteiger partial charge on any atom is -0.330 e. The van der Waals surface area contributed by atoms with Crippen LogP contribution in [0.2, 0.25) is 0 Å². The lowest BCUT2D eigenvalue weighted by molar-refractivity contribution is 0.547. The molecule has 1 aromatic heterocycles. The standard InChI is InChI=1S/C15H19N3/c1-12(13-5-3-2-4-6-13)17-10-15-9-16-11-18(15)14-7-8-14/h2-6,9,11-12,14,17H,7-8,10H2,1H3/t12-/m1/s1. The van der Waals surface area contributed by atoms with Crippen molar-refractivity contribution in [1.29, 1.82) is 0 Å². The Morgan fingerprint density at radius 1 is 1.33 bits per heavy atom. The third-order valence-electron chi connectivity index (χ3n) is 3.58. The number of hydrogen-bond donors (Lipinski definition) is 1. The molecule has 0 unspecified atom stereocenters.